The second kappa shape index (κ2) is 3.97. The molecule has 0 heterocycles. The first-order valence-corrected chi connectivity index (χ1v) is 4.08. The summed E-state index contributed by atoms with van der Waals surface area (Å²) in [6.45, 7) is 0. The average molecular weight is 152 g/mol. The summed E-state index contributed by atoms with van der Waals surface area (Å²) in [7, 11) is 3.26. The van der Waals surface area contributed by atoms with Crippen LogP contribution in [0.5, 0.6) is 0 Å². The van der Waals surface area contributed by atoms with Crippen LogP contribution in [0.2, 0.25) is 0 Å². The summed E-state index contributed by atoms with van der Waals surface area (Å²) in [5.41, 5.74) is 0. The van der Waals surface area contributed by atoms with E-state index in [-0.39, 0.29) is 0 Å². The average Bonchev–Trinajstić information content (AvgIpc) is 1.95. The predicted molar refractivity (Wildman–Crippen MR) is 33.8 cm³/mol. The van der Waals surface area contributed by atoms with Gasteiger partial charge >= 0.3 is 9.05 Å². The smallest absolute Gasteiger partial charge is 0.450 e. The molecule has 57 valence electrons. The molecule has 5 heteroatoms. The van der Waals surface area contributed by atoms with Gasteiger partial charge in [0.2, 0.25) is 0 Å². The Kier molecular flexibility index (Phi) is 3.99. The molecular weight excluding hydrogens is 140 g/mol. The third-order valence-electron chi connectivity index (χ3n) is 1.00. The molecule has 0 unspecified atom stereocenters. The van der Waals surface area contributed by atoms with E-state index < -0.39 is 9.05 Å². The van der Waals surface area contributed by atoms with Crippen molar-refractivity contribution >= 4 is 9.05 Å². The van der Waals surface area contributed by atoms with Crippen LogP contribution in [0.3, 0.4) is 0 Å². The van der Waals surface area contributed by atoms with Crippen molar-refractivity contribution in [1.29, 1.82) is 0 Å². The Morgan fingerprint density at radius 2 is 0.889 bits per heavy atom. The van der Waals surface area contributed by atoms with Crippen molar-refractivity contribution in [2.45, 2.75) is 0 Å². The van der Waals surface area contributed by atoms with E-state index in [9.17, 15) is 0 Å². The highest BCUT2D eigenvalue weighted by molar-refractivity contribution is 6.53. The lowest BCUT2D eigenvalue weighted by Gasteiger charge is -2.35. The Balaban J connectivity index is 3.82. The Morgan fingerprint density at radius 3 is 0.889 bits per heavy atom. The van der Waals surface area contributed by atoms with Crippen molar-refractivity contribution < 1.29 is 17.7 Å². The van der Waals surface area contributed by atoms with Gasteiger partial charge in [0, 0.05) is 0 Å². The summed E-state index contributed by atoms with van der Waals surface area (Å²) in [5.74, 6) is 0. The van der Waals surface area contributed by atoms with Crippen molar-refractivity contribution in [2.24, 2.45) is 0 Å². The Hall–Kier alpha value is 0.0569. The lowest BCUT2D eigenvalue weighted by atomic mass is 11.8. The van der Waals surface area contributed by atoms with Crippen LogP contribution in [-0.2, 0) is 17.7 Å². The summed E-state index contributed by atoms with van der Waals surface area (Å²) < 4.78 is 19.4. The van der Waals surface area contributed by atoms with Gasteiger partial charge in [0.15, 0.2) is 0 Å². The second-order valence-corrected chi connectivity index (χ2v) is 3.95. The van der Waals surface area contributed by atoms with E-state index in [4.69, 9.17) is 17.7 Å². The zero-order valence-corrected chi connectivity index (χ0v) is 7.13. The zero-order valence-electron chi connectivity index (χ0n) is 6.13. The van der Waals surface area contributed by atoms with Crippen LogP contribution in [0.4, 0.5) is 0 Å². The summed E-state index contributed by atoms with van der Waals surface area (Å²) in [6.07, 6.45) is 0. The number of hydrogen-bond acceptors (Lipinski definition) is 4. The largest absolute Gasteiger partial charge is 0.505 e. The molecule has 0 saturated carbocycles. The molecule has 0 aromatic heterocycles. The molecule has 0 radical (unpaired) electrons. The highest BCUT2D eigenvalue weighted by Gasteiger charge is 2.22. The summed E-state index contributed by atoms with van der Waals surface area (Å²) in [5, 5.41) is 0. The molecule has 0 spiro atoms. The van der Waals surface area contributed by atoms with Crippen LogP contribution in [0.1, 0.15) is 0 Å². The van der Waals surface area contributed by atoms with E-state index >= 15 is 0 Å². The van der Waals surface area contributed by atoms with Gasteiger partial charge in [-0.15, -0.1) is 0 Å². The quantitative estimate of drug-likeness (QED) is 0.532. The molecule has 0 amide bonds. The van der Waals surface area contributed by atoms with E-state index in [1.54, 1.807) is 0 Å². The van der Waals surface area contributed by atoms with Crippen LogP contribution >= 0.6 is 0 Å². The van der Waals surface area contributed by atoms with Gasteiger partial charge < -0.3 is 17.7 Å². The fourth-order valence-corrected chi connectivity index (χ4v) is 1.50. The third kappa shape index (κ3) is 2.03. The first-order valence-electron chi connectivity index (χ1n) is 2.45. The highest BCUT2D eigenvalue weighted by atomic mass is 28.4. The molecule has 4 nitrogen and oxygen atoms in total. The van der Waals surface area contributed by atoms with Crippen LogP contribution in [-0.4, -0.2) is 37.5 Å². The normalized spacial score (nSPS) is 12.0. The van der Waals surface area contributed by atoms with E-state index in [0.717, 1.165) is 0 Å². The minimum absolute atomic E-state index is 1.49. The van der Waals surface area contributed by atoms with Crippen LogP contribution in [0.25, 0.3) is 0 Å². The van der Waals surface area contributed by atoms with Gasteiger partial charge in [-0.05, 0) is 28.4 Å². The lowest BCUT2D eigenvalue weighted by Crippen LogP contribution is -2.45. The van der Waals surface area contributed by atoms with E-state index in [1.165, 1.54) is 28.4 Å². The molecule has 0 rings (SSSR count). The first-order chi connectivity index (χ1) is 4.24. The van der Waals surface area contributed by atoms with Gasteiger partial charge in [0.05, 0.1) is 0 Å². The van der Waals surface area contributed by atoms with E-state index in [0.29, 0.717) is 0 Å². The maximum Gasteiger partial charge on any atom is 0.450 e. The van der Waals surface area contributed by atoms with Gasteiger partial charge in [-0.25, -0.2) is 0 Å². The molecule has 0 aromatic carbocycles. The molecule has 0 aliphatic rings. The fourth-order valence-electron chi connectivity index (χ4n) is 0.500. The molecule has 9 heavy (non-hydrogen) atoms. The van der Waals surface area contributed by atoms with Gasteiger partial charge in [0.1, 0.15) is 0 Å². The fraction of sp³-hybridized carbons (Fsp3) is 1.00. The maximum absolute atomic E-state index is 4.86. The summed E-state index contributed by atoms with van der Waals surface area (Å²) >= 11 is 0. The molecule has 0 aliphatic heterocycles. The first kappa shape index (κ1) is 9.06. The van der Waals surface area contributed by atoms with Gasteiger partial charge in [-0.2, -0.15) is 0 Å². The topological polar surface area (TPSA) is 36.9 Å². The summed E-state index contributed by atoms with van der Waals surface area (Å²) in [6, 6.07) is 0. The van der Waals surface area contributed by atoms with Crippen molar-refractivity contribution in [3.8, 4) is 0 Å². The van der Waals surface area contributed by atoms with Gasteiger partial charge in [-0.1, -0.05) is 0 Å². The second-order valence-electron chi connectivity index (χ2n) is 1.32. The molecule has 0 aliphatic carbocycles. The monoisotopic (exact) mass is 152 g/mol. The van der Waals surface area contributed by atoms with Gasteiger partial charge in [-0.3, -0.25) is 0 Å². The van der Waals surface area contributed by atoms with Crippen molar-refractivity contribution in [1.82, 2.24) is 0 Å². The molecule has 0 aromatic rings. The van der Waals surface area contributed by atoms with Crippen molar-refractivity contribution in [2.75, 3.05) is 28.4 Å². The maximum atomic E-state index is 4.86. The van der Waals surface area contributed by atoms with Crippen molar-refractivity contribution in [3.05, 3.63) is 0 Å². The standard InChI is InChI=1S/C4H12O4Si/c1-5-9(6-2,7-3)8-4/h1-4H3/q-1. The van der Waals surface area contributed by atoms with E-state index in [1.807, 2.05) is 0 Å². The SMILES string of the molecule is CO[Si-](OC)(OC)OC. The number of rotatable bonds is 4. The Labute approximate surface area is 56.2 Å². The molecule has 0 bridgehead atoms. The molecule has 0 atom stereocenters. The van der Waals surface area contributed by atoms with E-state index in [2.05, 4.69) is 0 Å². The minimum atomic E-state index is -2.69. The van der Waals surface area contributed by atoms with Crippen LogP contribution in [0, 0.1) is 0 Å². The molecule has 0 fully saturated rings. The predicted octanol–water partition coefficient (Wildman–Crippen LogP) is 0.00760. The number of hydrogen-bond donors (Lipinski definition) is 0. The molecule has 0 saturated heterocycles. The third-order valence-corrected chi connectivity index (χ3v) is 3.00. The minimum Gasteiger partial charge on any atom is -0.505 e. The van der Waals surface area contributed by atoms with Crippen LogP contribution < -0.4 is 0 Å². The Morgan fingerprint density at radius 1 is 0.667 bits per heavy atom. The highest BCUT2D eigenvalue weighted by Crippen LogP contribution is 2.04. The van der Waals surface area contributed by atoms with Gasteiger partial charge in [0.25, 0.3) is 0 Å². The molecule has 0 N–H and O–H groups in total. The summed E-state index contributed by atoms with van der Waals surface area (Å²) in [4.78, 5) is 0. The lowest BCUT2D eigenvalue weighted by molar-refractivity contribution is 0.0226. The Bertz CT molecular complexity index is 55.5. The zero-order chi connectivity index (χ0) is 7.33. The van der Waals surface area contributed by atoms with Crippen LogP contribution in [0.15, 0.2) is 0 Å². The van der Waals surface area contributed by atoms with Crippen molar-refractivity contribution in [3.63, 3.8) is 0 Å². The molecular formula is C4H12O4Si-.